The number of carbonyl (C=O) groups is 2. The van der Waals surface area contributed by atoms with Crippen LogP contribution in [0.5, 0.6) is 0 Å². The highest BCUT2D eigenvalue weighted by atomic mass is 16.2. The summed E-state index contributed by atoms with van der Waals surface area (Å²) in [5.74, 6) is -0.0497. The van der Waals surface area contributed by atoms with Gasteiger partial charge in [0.25, 0.3) is 5.91 Å². The van der Waals surface area contributed by atoms with Crippen molar-refractivity contribution in [2.75, 3.05) is 19.6 Å². The fraction of sp³-hybridized carbons (Fsp3) is 0.500. The quantitative estimate of drug-likeness (QED) is 0.875. The number of carbonyl (C=O) groups excluding carboxylic acids is 2. The van der Waals surface area contributed by atoms with Crippen LogP contribution in [0.3, 0.4) is 0 Å². The Kier molecular flexibility index (Phi) is 5.88. The van der Waals surface area contributed by atoms with Gasteiger partial charge in [-0.25, -0.2) is 0 Å². The van der Waals surface area contributed by atoms with Crippen molar-refractivity contribution in [2.45, 2.75) is 39.7 Å². The Balaban J connectivity index is 1.47. The van der Waals surface area contributed by atoms with Crippen LogP contribution in [0.25, 0.3) is 0 Å². The van der Waals surface area contributed by atoms with Crippen molar-refractivity contribution in [1.29, 1.82) is 0 Å². The van der Waals surface area contributed by atoms with Gasteiger partial charge in [-0.2, -0.15) is 5.10 Å². The molecule has 7 heteroatoms. The number of likely N-dealkylation sites (tertiary alicyclic amines) is 1. The van der Waals surface area contributed by atoms with Crippen molar-refractivity contribution < 1.29 is 9.59 Å². The molecule has 3 rings (SSSR count). The average molecular weight is 369 g/mol. The molecular formula is C20H27N5O2. The van der Waals surface area contributed by atoms with Gasteiger partial charge in [0, 0.05) is 37.4 Å². The predicted octanol–water partition coefficient (Wildman–Crippen LogP) is 2.12. The number of aryl methyl sites for hydroxylation is 2. The highest BCUT2D eigenvalue weighted by Crippen LogP contribution is 2.19. The molecule has 2 aromatic rings. The van der Waals surface area contributed by atoms with E-state index < -0.39 is 0 Å². The average Bonchev–Trinajstić information content (AvgIpc) is 3.04. The molecule has 1 saturated heterocycles. The van der Waals surface area contributed by atoms with Crippen LogP contribution in [0.2, 0.25) is 0 Å². The summed E-state index contributed by atoms with van der Waals surface area (Å²) < 4.78 is 1.95. The van der Waals surface area contributed by atoms with Crippen LogP contribution in [-0.2, 0) is 4.79 Å². The number of hydrogen-bond donors (Lipinski definition) is 1. The molecule has 0 spiro atoms. The van der Waals surface area contributed by atoms with Crippen LogP contribution in [0, 0.1) is 19.8 Å². The largest absolute Gasteiger partial charge is 0.354 e. The lowest BCUT2D eigenvalue weighted by molar-refractivity contribution is -0.126. The maximum atomic E-state index is 12.5. The highest BCUT2D eigenvalue weighted by molar-refractivity contribution is 5.92. The van der Waals surface area contributed by atoms with E-state index in [0.717, 1.165) is 11.4 Å². The molecule has 1 aliphatic rings. The zero-order chi connectivity index (χ0) is 19.4. The molecule has 0 unspecified atom stereocenters. The first-order valence-electron chi connectivity index (χ1n) is 9.46. The molecule has 0 aromatic carbocycles. The molecule has 1 aliphatic heterocycles. The molecular weight excluding hydrogens is 342 g/mol. The topological polar surface area (TPSA) is 80.1 Å². The molecule has 0 aliphatic carbocycles. The van der Waals surface area contributed by atoms with Crippen LogP contribution in [0.15, 0.2) is 30.5 Å². The van der Waals surface area contributed by atoms with Crippen molar-refractivity contribution in [3.05, 3.63) is 47.5 Å². The molecule has 1 fully saturated rings. The number of rotatable bonds is 5. The van der Waals surface area contributed by atoms with E-state index in [4.69, 9.17) is 0 Å². The number of pyridine rings is 1. The van der Waals surface area contributed by atoms with E-state index in [0.29, 0.717) is 38.2 Å². The zero-order valence-corrected chi connectivity index (χ0v) is 16.2. The smallest absolute Gasteiger partial charge is 0.272 e. The molecule has 1 atom stereocenters. The fourth-order valence-corrected chi connectivity index (χ4v) is 3.57. The summed E-state index contributed by atoms with van der Waals surface area (Å²) in [6.07, 6.45) is 2.98. The Labute approximate surface area is 159 Å². The summed E-state index contributed by atoms with van der Waals surface area (Å²) in [7, 11) is 0. The number of piperidine rings is 1. The van der Waals surface area contributed by atoms with Crippen molar-refractivity contribution in [3.63, 3.8) is 0 Å². The van der Waals surface area contributed by atoms with E-state index in [1.54, 1.807) is 23.2 Å². The lowest BCUT2D eigenvalue weighted by atomic mass is 9.95. The summed E-state index contributed by atoms with van der Waals surface area (Å²) in [6.45, 7) is 7.75. The minimum atomic E-state index is -0.0624. The fourth-order valence-electron chi connectivity index (χ4n) is 3.57. The first kappa shape index (κ1) is 19.1. The Hall–Kier alpha value is -2.70. The zero-order valence-electron chi connectivity index (χ0n) is 16.2. The van der Waals surface area contributed by atoms with Gasteiger partial charge in [-0.15, -0.1) is 0 Å². The van der Waals surface area contributed by atoms with Crippen LogP contribution in [0.4, 0.5) is 0 Å². The van der Waals surface area contributed by atoms with E-state index in [1.165, 1.54) is 0 Å². The first-order chi connectivity index (χ1) is 13.0. The van der Waals surface area contributed by atoms with Crippen LogP contribution < -0.4 is 5.32 Å². The predicted molar refractivity (Wildman–Crippen MR) is 102 cm³/mol. The maximum Gasteiger partial charge on any atom is 0.272 e. The van der Waals surface area contributed by atoms with Gasteiger partial charge in [0.1, 0.15) is 5.69 Å². The van der Waals surface area contributed by atoms with Crippen molar-refractivity contribution in [1.82, 2.24) is 25.0 Å². The molecule has 0 saturated carbocycles. The van der Waals surface area contributed by atoms with Crippen LogP contribution in [-0.4, -0.2) is 51.1 Å². The number of amides is 2. The van der Waals surface area contributed by atoms with Gasteiger partial charge in [0.05, 0.1) is 11.7 Å². The minimum absolute atomic E-state index is 0.0505. The molecule has 2 aromatic heterocycles. The van der Waals surface area contributed by atoms with Gasteiger partial charge in [-0.05, 0) is 51.8 Å². The standard InChI is InChI=1S/C20H27N5O2/c1-14-12-15(2)25(23-14)16(3)13-22-19(26)17-7-10-24(11-8-17)20(27)18-6-4-5-9-21-18/h4-6,9,12,16-17H,7-8,10-11,13H2,1-3H3,(H,22,26)/t16-/m1/s1. The summed E-state index contributed by atoms with van der Waals surface area (Å²) in [4.78, 5) is 30.8. The Morgan fingerprint density at radius 3 is 2.59 bits per heavy atom. The monoisotopic (exact) mass is 369 g/mol. The normalized spacial score (nSPS) is 16.2. The number of aromatic nitrogens is 3. The first-order valence-corrected chi connectivity index (χ1v) is 9.46. The molecule has 27 heavy (non-hydrogen) atoms. The summed E-state index contributed by atoms with van der Waals surface area (Å²) in [5.41, 5.74) is 2.53. The SMILES string of the molecule is Cc1cc(C)n([C@H](C)CNC(=O)C2CCN(C(=O)c3ccccn3)CC2)n1. The second kappa shape index (κ2) is 8.33. The second-order valence-electron chi connectivity index (χ2n) is 7.25. The maximum absolute atomic E-state index is 12.5. The third kappa shape index (κ3) is 4.53. The third-order valence-electron chi connectivity index (χ3n) is 5.07. The Morgan fingerprint density at radius 2 is 2.00 bits per heavy atom. The van der Waals surface area contributed by atoms with Crippen molar-refractivity contribution in [3.8, 4) is 0 Å². The van der Waals surface area contributed by atoms with E-state index >= 15 is 0 Å². The van der Waals surface area contributed by atoms with Gasteiger partial charge >= 0.3 is 0 Å². The number of hydrogen-bond acceptors (Lipinski definition) is 4. The van der Waals surface area contributed by atoms with E-state index in [-0.39, 0.29) is 23.8 Å². The van der Waals surface area contributed by atoms with Crippen LogP contribution in [0.1, 0.15) is 47.7 Å². The highest BCUT2D eigenvalue weighted by Gasteiger charge is 2.28. The van der Waals surface area contributed by atoms with Crippen LogP contribution >= 0.6 is 0 Å². The van der Waals surface area contributed by atoms with Gasteiger partial charge in [-0.1, -0.05) is 6.07 Å². The number of nitrogens with one attached hydrogen (secondary N) is 1. The van der Waals surface area contributed by atoms with E-state index in [2.05, 4.69) is 15.4 Å². The molecule has 2 amide bonds. The Bertz CT molecular complexity index is 794. The van der Waals surface area contributed by atoms with E-state index in [1.807, 2.05) is 37.6 Å². The van der Waals surface area contributed by atoms with Gasteiger partial charge in [0.2, 0.25) is 5.91 Å². The van der Waals surface area contributed by atoms with Crippen molar-refractivity contribution in [2.24, 2.45) is 5.92 Å². The van der Waals surface area contributed by atoms with Gasteiger partial charge < -0.3 is 10.2 Å². The second-order valence-corrected chi connectivity index (χ2v) is 7.25. The summed E-state index contributed by atoms with van der Waals surface area (Å²) in [6, 6.07) is 7.47. The third-order valence-corrected chi connectivity index (χ3v) is 5.07. The lowest BCUT2D eigenvalue weighted by Crippen LogP contribution is -2.44. The Morgan fingerprint density at radius 1 is 1.26 bits per heavy atom. The number of nitrogens with zero attached hydrogens (tertiary/aromatic N) is 4. The summed E-state index contributed by atoms with van der Waals surface area (Å²) in [5, 5.41) is 7.52. The van der Waals surface area contributed by atoms with Gasteiger partial charge in [0.15, 0.2) is 0 Å². The molecule has 0 radical (unpaired) electrons. The minimum Gasteiger partial charge on any atom is -0.354 e. The summed E-state index contributed by atoms with van der Waals surface area (Å²) >= 11 is 0. The molecule has 7 nitrogen and oxygen atoms in total. The molecule has 0 bridgehead atoms. The van der Waals surface area contributed by atoms with Gasteiger partial charge in [-0.3, -0.25) is 19.3 Å². The molecule has 3 heterocycles. The van der Waals surface area contributed by atoms with Crippen molar-refractivity contribution >= 4 is 11.8 Å². The molecule has 144 valence electrons. The lowest BCUT2D eigenvalue weighted by Gasteiger charge is -2.31. The molecule has 1 N–H and O–H groups in total. The van der Waals surface area contributed by atoms with E-state index in [9.17, 15) is 9.59 Å².